The average molecular weight is 534 g/mol. The van der Waals surface area contributed by atoms with Crippen molar-refractivity contribution in [3.8, 4) is 11.5 Å². The zero-order chi connectivity index (χ0) is 26.7. The lowest BCUT2D eigenvalue weighted by Gasteiger charge is -2.37. The molecule has 1 aliphatic rings. The number of ether oxygens (including phenoxy) is 2. The molecule has 2 heterocycles. The van der Waals surface area contributed by atoms with Gasteiger partial charge in [-0.3, -0.25) is 14.8 Å². The number of rotatable bonds is 7. The number of carbonyl (C=O) groups is 2. The van der Waals surface area contributed by atoms with Crippen molar-refractivity contribution in [1.29, 1.82) is 0 Å². The summed E-state index contributed by atoms with van der Waals surface area (Å²) in [6, 6.07) is 4.42. The second-order valence-electron chi connectivity index (χ2n) is 8.08. The summed E-state index contributed by atoms with van der Waals surface area (Å²) in [4.78, 5) is 34.1. The normalized spacial score (nSPS) is 17.3. The minimum Gasteiger partial charge on any atom is -0.493 e. The standard InChI is InChI=1S/C24H22ClF2N5O5/c1-3-20(33)32-7-6-12(8-17(32)24(34)31-35)37-19-9-13-16(10-18(19)36-2)28-11-29-23(13)30-15-5-4-14(26)21(25)22(15)27/h3-5,9-12,17,35H,1,6-8H2,2H3,(H,31,34)(H,28,29,30)/t12-,17-/m0/s1. The molecule has 2 atom stereocenters. The van der Waals surface area contributed by atoms with E-state index in [4.69, 9.17) is 26.3 Å². The number of halogens is 3. The number of aromatic nitrogens is 2. The quantitative estimate of drug-likeness (QED) is 0.181. The van der Waals surface area contributed by atoms with E-state index in [-0.39, 0.29) is 30.2 Å². The van der Waals surface area contributed by atoms with Crippen molar-refractivity contribution in [1.82, 2.24) is 20.3 Å². The summed E-state index contributed by atoms with van der Waals surface area (Å²) in [5.74, 6) is -2.27. The van der Waals surface area contributed by atoms with Crippen molar-refractivity contribution < 1.29 is 33.1 Å². The Morgan fingerprint density at radius 1 is 1.27 bits per heavy atom. The molecule has 13 heteroatoms. The Morgan fingerprint density at radius 2 is 2.05 bits per heavy atom. The van der Waals surface area contributed by atoms with Crippen LogP contribution in [0, 0.1) is 11.6 Å². The summed E-state index contributed by atoms with van der Waals surface area (Å²) in [6.45, 7) is 3.63. The summed E-state index contributed by atoms with van der Waals surface area (Å²) in [7, 11) is 1.44. The van der Waals surface area contributed by atoms with Gasteiger partial charge in [-0.05, 0) is 24.3 Å². The largest absolute Gasteiger partial charge is 0.493 e. The number of piperidine rings is 1. The third kappa shape index (κ3) is 5.25. The van der Waals surface area contributed by atoms with Gasteiger partial charge in [0.2, 0.25) is 5.91 Å². The molecule has 1 aliphatic heterocycles. The topological polar surface area (TPSA) is 126 Å². The first kappa shape index (κ1) is 26.0. The van der Waals surface area contributed by atoms with Crippen LogP contribution in [0.2, 0.25) is 5.02 Å². The molecule has 4 rings (SSSR count). The highest BCUT2D eigenvalue weighted by molar-refractivity contribution is 6.31. The van der Waals surface area contributed by atoms with Crippen LogP contribution in [-0.4, -0.2) is 57.7 Å². The number of hydrogen-bond donors (Lipinski definition) is 3. The van der Waals surface area contributed by atoms with Crippen LogP contribution in [0.3, 0.4) is 0 Å². The van der Waals surface area contributed by atoms with Crippen LogP contribution in [0.4, 0.5) is 20.3 Å². The summed E-state index contributed by atoms with van der Waals surface area (Å²) in [5.41, 5.74) is 1.93. The molecule has 0 saturated carbocycles. The fraction of sp³-hybridized carbons (Fsp3) is 0.250. The van der Waals surface area contributed by atoms with Crippen molar-refractivity contribution in [2.75, 3.05) is 19.0 Å². The highest BCUT2D eigenvalue weighted by Crippen LogP contribution is 2.37. The molecule has 1 fully saturated rings. The van der Waals surface area contributed by atoms with Gasteiger partial charge >= 0.3 is 0 Å². The predicted octanol–water partition coefficient (Wildman–Crippen LogP) is 3.74. The molecule has 0 spiro atoms. The lowest BCUT2D eigenvalue weighted by Crippen LogP contribution is -2.54. The average Bonchev–Trinajstić information content (AvgIpc) is 2.92. The SMILES string of the molecule is C=CC(=O)N1CC[C@H](Oc2cc3c(Nc4ccc(F)c(Cl)c4F)ncnc3cc2OC)C[C@H]1C(=O)NO. The van der Waals surface area contributed by atoms with Gasteiger partial charge in [-0.2, -0.15) is 0 Å². The van der Waals surface area contributed by atoms with Crippen LogP contribution in [0.15, 0.2) is 43.2 Å². The maximum absolute atomic E-state index is 14.5. The summed E-state index contributed by atoms with van der Waals surface area (Å²) < 4.78 is 39.7. The smallest absolute Gasteiger partial charge is 0.266 e. The number of likely N-dealkylation sites (tertiary alicyclic amines) is 1. The Balaban J connectivity index is 1.66. The zero-order valence-corrected chi connectivity index (χ0v) is 20.3. The van der Waals surface area contributed by atoms with Crippen LogP contribution in [-0.2, 0) is 9.59 Å². The second kappa shape index (κ2) is 10.9. The number of carbonyl (C=O) groups excluding carboxylic acids is 2. The number of nitrogens with one attached hydrogen (secondary N) is 2. The molecular formula is C24H22ClF2N5O5. The van der Waals surface area contributed by atoms with E-state index < -0.39 is 40.6 Å². The van der Waals surface area contributed by atoms with E-state index in [0.717, 1.165) is 12.1 Å². The van der Waals surface area contributed by atoms with Gasteiger partial charge in [-0.15, -0.1) is 0 Å². The summed E-state index contributed by atoms with van der Waals surface area (Å²) in [5, 5.41) is 11.7. The minimum absolute atomic E-state index is 0.0862. The zero-order valence-electron chi connectivity index (χ0n) is 19.5. The van der Waals surface area contributed by atoms with Gasteiger partial charge in [0, 0.05) is 30.8 Å². The number of fused-ring (bicyclic) bond motifs is 1. The Morgan fingerprint density at radius 3 is 2.76 bits per heavy atom. The number of methoxy groups -OCH3 is 1. The molecule has 3 aromatic rings. The van der Waals surface area contributed by atoms with E-state index in [2.05, 4.69) is 21.9 Å². The van der Waals surface area contributed by atoms with Gasteiger partial charge in [0.15, 0.2) is 17.3 Å². The number of amides is 2. The maximum Gasteiger partial charge on any atom is 0.266 e. The maximum atomic E-state index is 14.5. The molecule has 1 saturated heterocycles. The number of hydroxylamine groups is 1. The molecule has 37 heavy (non-hydrogen) atoms. The minimum atomic E-state index is -0.979. The molecule has 0 aliphatic carbocycles. The highest BCUT2D eigenvalue weighted by atomic mass is 35.5. The Hall–Kier alpha value is -4.03. The van der Waals surface area contributed by atoms with Crippen LogP contribution in [0.5, 0.6) is 11.5 Å². The second-order valence-corrected chi connectivity index (χ2v) is 8.46. The monoisotopic (exact) mass is 533 g/mol. The van der Waals surface area contributed by atoms with E-state index in [0.29, 0.717) is 23.1 Å². The first-order chi connectivity index (χ1) is 17.8. The molecule has 10 nitrogen and oxygen atoms in total. The van der Waals surface area contributed by atoms with Gasteiger partial charge < -0.3 is 19.7 Å². The van der Waals surface area contributed by atoms with Crippen molar-refractivity contribution in [3.05, 3.63) is 59.9 Å². The lowest BCUT2D eigenvalue weighted by molar-refractivity contribution is -0.145. The third-order valence-electron chi connectivity index (χ3n) is 5.93. The van der Waals surface area contributed by atoms with Gasteiger partial charge in [0.25, 0.3) is 5.91 Å². The molecule has 1 aromatic heterocycles. The number of benzene rings is 2. The summed E-state index contributed by atoms with van der Waals surface area (Å²) >= 11 is 5.69. The summed E-state index contributed by atoms with van der Waals surface area (Å²) in [6.07, 6.45) is 2.29. The first-order valence-corrected chi connectivity index (χ1v) is 11.4. The van der Waals surface area contributed by atoms with Crippen molar-refractivity contribution in [2.45, 2.75) is 25.0 Å². The Kier molecular flexibility index (Phi) is 7.69. The molecule has 194 valence electrons. The van der Waals surface area contributed by atoms with E-state index in [1.165, 1.54) is 24.4 Å². The van der Waals surface area contributed by atoms with Gasteiger partial charge in [0.05, 0.1) is 18.3 Å². The lowest BCUT2D eigenvalue weighted by atomic mass is 9.98. The van der Waals surface area contributed by atoms with Gasteiger partial charge in [0.1, 0.15) is 35.1 Å². The van der Waals surface area contributed by atoms with Crippen LogP contribution in [0.25, 0.3) is 10.9 Å². The van der Waals surface area contributed by atoms with Gasteiger partial charge in [-0.1, -0.05) is 18.2 Å². The van der Waals surface area contributed by atoms with Crippen LogP contribution < -0.4 is 20.3 Å². The molecule has 0 unspecified atom stereocenters. The van der Waals surface area contributed by atoms with E-state index in [1.54, 1.807) is 17.6 Å². The number of anilines is 2. The van der Waals surface area contributed by atoms with Crippen molar-refractivity contribution in [3.63, 3.8) is 0 Å². The fourth-order valence-electron chi connectivity index (χ4n) is 4.09. The number of hydrogen-bond acceptors (Lipinski definition) is 8. The molecule has 3 N–H and O–H groups in total. The van der Waals surface area contributed by atoms with E-state index in [1.807, 2.05) is 0 Å². The Labute approximate surface area is 214 Å². The van der Waals surface area contributed by atoms with Gasteiger partial charge in [-0.25, -0.2) is 24.2 Å². The molecule has 2 amide bonds. The first-order valence-electron chi connectivity index (χ1n) is 11.0. The third-order valence-corrected chi connectivity index (χ3v) is 6.27. The fourth-order valence-corrected chi connectivity index (χ4v) is 4.25. The van der Waals surface area contributed by atoms with E-state index >= 15 is 0 Å². The van der Waals surface area contributed by atoms with Crippen LogP contribution >= 0.6 is 11.6 Å². The Bertz CT molecular complexity index is 1380. The van der Waals surface area contributed by atoms with Crippen LogP contribution in [0.1, 0.15) is 12.8 Å². The molecule has 0 bridgehead atoms. The highest BCUT2D eigenvalue weighted by Gasteiger charge is 2.36. The molecule has 2 aromatic carbocycles. The molecule has 0 radical (unpaired) electrons. The number of nitrogens with zero attached hydrogens (tertiary/aromatic N) is 3. The van der Waals surface area contributed by atoms with Crippen molar-refractivity contribution >= 4 is 45.8 Å². The molecular weight excluding hydrogens is 512 g/mol. The predicted molar refractivity (Wildman–Crippen MR) is 130 cm³/mol. The van der Waals surface area contributed by atoms with Crippen molar-refractivity contribution in [2.24, 2.45) is 0 Å². The van der Waals surface area contributed by atoms with E-state index in [9.17, 15) is 18.4 Å².